The third-order valence-electron chi connectivity index (χ3n) is 4.13. The Balaban J connectivity index is 2.16. The Morgan fingerprint density at radius 1 is 1.61 bits per heavy atom. The summed E-state index contributed by atoms with van der Waals surface area (Å²) >= 11 is 0. The molecular weight excluding hydrogens is 308 g/mol. The molecule has 2 rings (SSSR count). The lowest BCUT2D eigenvalue weighted by molar-refractivity contribution is -0.525. The van der Waals surface area contributed by atoms with Crippen molar-refractivity contribution in [2.75, 3.05) is 7.11 Å². The number of esters is 1. The molecule has 2 N–H and O–H groups in total. The number of nitro groups is 1. The Bertz CT molecular complexity index is 624. The van der Waals surface area contributed by atoms with Crippen LogP contribution in [-0.2, 0) is 16.0 Å². The highest BCUT2D eigenvalue weighted by Gasteiger charge is 2.33. The molecule has 2 heterocycles. The van der Waals surface area contributed by atoms with Crippen molar-refractivity contribution in [1.29, 1.82) is 0 Å². The molecule has 0 fully saturated rings. The summed E-state index contributed by atoms with van der Waals surface area (Å²) in [6, 6.07) is -2.51. The summed E-state index contributed by atoms with van der Waals surface area (Å²) in [5.74, 6) is -0.788. The smallest absolute Gasteiger partial charge is 0.441 e. The molecular formula is C13H20N4O6. The third kappa shape index (κ3) is 3.95. The van der Waals surface area contributed by atoms with Gasteiger partial charge in [-0.3, -0.25) is 24.0 Å². The van der Waals surface area contributed by atoms with Gasteiger partial charge in [0, 0.05) is 30.2 Å². The summed E-state index contributed by atoms with van der Waals surface area (Å²) in [6.45, 7) is 0. The van der Waals surface area contributed by atoms with Gasteiger partial charge in [0.2, 0.25) is 6.04 Å². The fraction of sp³-hybridized carbons (Fsp3) is 0.769. The van der Waals surface area contributed by atoms with E-state index in [9.17, 15) is 19.7 Å². The number of hydrogen-bond donors (Lipinski definition) is 1. The largest absolute Gasteiger partial charge is 0.468 e. The number of carbonyl (C=O) groups excluding carboxylic acids is 1. The molecule has 0 amide bonds. The standard InChI is InChI=1S/C13H20N4O6/c1-22-12(18)10(14)7-9(17(20)21)6-8-4-2-3-5-11-15-23-13(19)16(8)11/h8-10H,2-7,14H2,1H3. The summed E-state index contributed by atoms with van der Waals surface area (Å²) in [7, 11) is 1.18. The molecule has 0 saturated heterocycles. The Labute approximate surface area is 131 Å². The van der Waals surface area contributed by atoms with E-state index in [1.807, 2.05) is 0 Å². The van der Waals surface area contributed by atoms with E-state index in [1.54, 1.807) is 0 Å². The van der Waals surface area contributed by atoms with Crippen molar-refractivity contribution >= 4 is 5.97 Å². The van der Waals surface area contributed by atoms with Gasteiger partial charge in [-0.1, -0.05) is 11.6 Å². The van der Waals surface area contributed by atoms with Gasteiger partial charge in [-0.2, -0.15) is 0 Å². The zero-order valence-corrected chi connectivity index (χ0v) is 12.8. The van der Waals surface area contributed by atoms with Gasteiger partial charge >= 0.3 is 11.7 Å². The van der Waals surface area contributed by atoms with Gasteiger partial charge in [0.25, 0.3) is 0 Å². The van der Waals surface area contributed by atoms with E-state index < -0.39 is 28.7 Å². The maximum Gasteiger partial charge on any atom is 0.441 e. The Hall–Kier alpha value is -2.23. The van der Waals surface area contributed by atoms with Crippen molar-refractivity contribution in [1.82, 2.24) is 9.72 Å². The summed E-state index contributed by atoms with van der Waals surface area (Å²) in [4.78, 5) is 34.0. The molecule has 1 aliphatic rings. The second-order valence-electron chi connectivity index (χ2n) is 5.67. The lowest BCUT2D eigenvalue weighted by Crippen LogP contribution is -2.39. The van der Waals surface area contributed by atoms with Crippen LogP contribution in [0.25, 0.3) is 0 Å². The van der Waals surface area contributed by atoms with Crippen LogP contribution in [0.5, 0.6) is 0 Å². The van der Waals surface area contributed by atoms with Crippen molar-refractivity contribution in [3.63, 3.8) is 0 Å². The Kier molecular flexibility index (Phi) is 5.48. The van der Waals surface area contributed by atoms with Crippen LogP contribution in [0.3, 0.4) is 0 Å². The van der Waals surface area contributed by atoms with Gasteiger partial charge in [-0.15, -0.1) is 0 Å². The Morgan fingerprint density at radius 2 is 2.35 bits per heavy atom. The van der Waals surface area contributed by atoms with Crippen LogP contribution in [-0.4, -0.2) is 39.8 Å². The van der Waals surface area contributed by atoms with Crippen molar-refractivity contribution in [2.45, 2.75) is 56.7 Å². The predicted molar refractivity (Wildman–Crippen MR) is 77.4 cm³/mol. The number of carbonyl (C=O) groups is 1. The SMILES string of the molecule is COC(=O)C(N)CC(CC1CCCCc2noc(=O)n21)[N+](=O)[O-]. The van der Waals surface area contributed by atoms with Gasteiger partial charge < -0.3 is 10.5 Å². The van der Waals surface area contributed by atoms with Crippen LogP contribution in [0.2, 0.25) is 0 Å². The second-order valence-corrected chi connectivity index (χ2v) is 5.67. The van der Waals surface area contributed by atoms with Crippen LogP contribution in [0.1, 0.15) is 44.0 Å². The Morgan fingerprint density at radius 3 is 3.00 bits per heavy atom. The highest BCUT2D eigenvalue weighted by Crippen LogP contribution is 2.27. The van der Waals surface area contributed by atoms with Crippen LogP contribution < -0.4 is 11.5 Å². The second kappa shape index (κ2) is 7.36. The number of nitrogens with two attached hydrogens (primary N) is 1. The first-order chi connectivity index (χ1) is 10.9. The molecule has 0 radical (unpaired) electrons. The van der Waals surface area contributed by atoms with Crippen molar-refractivity contribution in [2.24, 2.45) is 5.73 Å². The van der Waals surface area contributed by atoms with E-state index in [0.29, 0.717) is 18.7 Å². The highest BCUT2D eigenvalue weighted by molar-refractivity contribution is 5.75. The number of aromatic nitrogens is 2. The predicted octanol–water partition coefficient (Wildman–Crippen LogP) is 0.0296. The van der Waals surface area contributed by atoms with E-state index >= 15 is 0 Å². The van der Waals surface area contributed by atoms with Crippen molar-refractivity contribution in [3.8, 4) is 0 Å². The minimum atomic E-state index is -1.07. The number of rotatable bonds is 6. The fourth-order valence-corrected chi connectivity index (χ4v) is 2.95. The number of methoxy groups -OCH3 is 1. The first-order valence-electron chi connectivity index (χ1n) is 7.48. The van der Waals surface area contributed by atoms with Gasteiger partial charge in [-0.05, 0) is 12.8 Å². The molecule has 128 valence electrons. The minimum absolute atomic E-state index is 0.0891. The molecule has 10 heteroatoms. The summed E-state index contributed by atoms with van der Waals surface area (Å²) < 4.78 is 10.6. The van der Waals surface area contributed by atoms with Crippen molar-refractivity contribution < 1.29 is 19.0 Å². The quantitative estimate of drug-likeness (QED) is 0.437. The molecule has 0 saturated carbocycles. The fourth-order valence-electron chi connectivity index (χ4n) is 2.95. The van der Waals surface area contributed by atoms with Gasteiger partial charge in [-0.25, -0.2) is 4.79 Å². The zero-order chi connectivity index (χ0) is 17.0. The number of hydrogen-bond acceptors (Lipinski definition) is 8. The summed E-state index contributed by atoms with van der Waals surface area (Å²) in [5.41, 5.74) is 5.63. The number of nitrogens with zero attached hydrogens (tertiary/aromatic N) is 3. The number of aryl methyl sites for hydroxylation is 1. The molecule has 3 unspecified atom stereocenters. The molecule has 1 aromatic heterocycles. The first kappa shape index (κ1) is 17.1. The summed E-state index contributed by atoms with van der Waals surface area (Å²) in [6.07, 6.45) is 2.84. The normalized spacial score (nSPS) is 20.2. The van der Waals surface area contributed by atoms with Gasteiger partial charge in [0.1, 0.15) is 6.04 Å². The van der Waals surface area contributed by atoms with Crippen LogP contribution >= 0.6 is 0 Å². The monoisotopic (exact) mass is 328 g/mol. The van der Waals surface area contributed by atoms with Crippen molar-refractivity contribution in [3.05, 3.63) is 26.5 Å². The first-order valence-corrected chi connectivity index (χ1v) is 7.48. The average molecular weight is 328 g/mol. The maximum absolute atomic E-state index is 11.8. The van der Waals surface area contributed by atoms with E-state index in [1.165, 1.54) is 11.7 Å². The molecule has 1 aliphatic heterocycles. The minimum Gasteiger partial charge on any atom is -0.468 e. The van der Waals surface area contributed by atoms with Crippen LogP contribution in [0.4, 0.5) is 0 Å². The molecule has 0 spiro atoms. The van der Waals surface area contributed by atoms with E-state index in [-0.39, 0.29) is 18.9 Å². The highest BCUT2D eigenvalue weighted by atomic mass is 16.6. The average Bonchev–Trinajstić information content (AvgIpc) is 2.76. The van der Waals surface area contributed by atoms with E-state index in [2.05, 4.69) is 14.4 Å². The number of ether oxygens (including phenoxy) is 1. The van der Waals surface area contributed by atoms with E-state index in [0.717, 1.165) is 12.8 Å². The molecule has 10 nitrogen and oxygen atoms in total. The lowest BCUT2D eigenvalue weighted by Gasteiger charge is -2.20. The van der Waals surface area contributed by atoms with Crippen LogP contribution in [0, 0.1) is 10.1 Å². The lowest BCUT2D eigenvalue weighted by atomic mass is 9.97. The molecule has 0 aliphatic carbocycles. The molecule has 23 heavy (non-hydrogen) atoms. The molecule has 0 aromatic carbocycles. The van der Waals surface area contributed by atoms with Gasteiger partial charge in [0.15, 0.2) is 5.82 Å². The zero-order valence-electron chi connectivity index (χ0n) is 12.8. The number of fused-ring (bicyclic) bond motifs is 1. The van der Waals surface area contributed by atoms with Gasteiger partial charge in [0.05, 0.1) is 7.11 Å². The summed E-state index contributed by atoms with van der Waals surface area (Å²) in [5, 5.41) is 15.0. The van der Waals surface area contributed by atoms with Crippen LogP contribution in [0.15, 0.2) is 9.32 Å². The maximum atomic E-state index is 11.8. The molecule has 3 atom stereocenters. The van der Waals surface area contributed by atoms with E-state index in [4.69, 9.17) is 5.73 Å². The topological polar surface area (TPSA) is 143 Å². The molecule has 0 bridgehead atoms. The molecule has 1 aromatic rings. The third-order valence-corrected chi connectivity index (χ3v) is 4.13.